The monoisotopic (exact) mass is 283 g/mol. The van der Waals surface area contributed by atoms with Crippen LogP contribution in [-0.2, 0) is 16.0 Å². The molecule has 6 nitrogen and oxygen atoms in total. The third kappa shape index (κ3) is 5.07. The first-order valence-corrected chi connectivity index (χ1v) is 6.42. The van der Waals surface area contributed by atoms with Gasteiger partial charge in [0, 0.05) is 6.04 Å². The van der Waals surface area contributed by atoms with E-state index in [2.05, 4.69) is 0 Å². The first-order valence-electron chi connectivity index (χ1n) is 6.42. The Hall–Kier alpha value is -1.79. The maximum absolute atomic E-state index is 11.2. The lowest BCUT2D eigenvalue weighted by Crippen LogP contribution is -2.26. The molecule has 1 atom stereocenters. The van der Waals surface area contributed by atoms with Gasteiger partial charge in [0.15, 0.2) is 18.1 Å². The number of ether oxygens (including phenoxy) is 3. The summed E-state index contributed by atoms with van der Waals surface area (Å²) in [4.78, 5) is 11.2. The van der Waals surface area contributed by atoms with Crippen LogP contribution in [0.4, 0.5) is 0 Å². The summed E-state index contributed by atoms with van der Waals surface area (Å²) < 4.78 is 15.3. The second-order valence-electron chi connectivity index (χ2n) is 4.23. The number of nitrogens with two attached hydrogens (primary N) is 1. The maximum Gasteiger partial charge on any atom is 0.344 e. The summed E-state index contributed by atoms with van der Waals surface area (Å²) in [5, 5.41) is 8.94. The summed E-state index contributed by atoms with van der Waals surface area (Å²) in [6.45, 7) is 1.80. The van der Waals surface area contributed by atoms with Crippen LogP contribution in [0.3, 0.4) is 0 Å². The highest BCUT2D eigenvalue weighted by Crippen LogP contribution is 2.28. The largest absolute Gasteiger partial charge is 0.493 e. The average molecular weight is 283 g/mol. The zero-order valence-electron chi connectivity index (χ0n) is 11.8. The molecule has 0 aliphatic heterocycles. The highest BCUT2D eigenvalue weighted by atomic mass is 16.6. The number of esters is 1. The van der Waals surface area contributed by atoms with E-state index in [-0.39, 0.29) is 19.3 Å². The van der Waals surface area contributed by atoms with E-state index in [1.807, 2.05) is 6.07 Å². The Morgan fingerprint density at radius 1 is 1.40 bits per heavy atom. The van der Waals surface area contributed by atoms with Gasteiger partial charge in [0.2, 0.25) is 0 Å². The highest BCUT2D eigenvalue weighted by molar-refractivity contribution is 5.71. The molecule has 6 heteroatoms. The molecule has 0 heterocycles. The molecule has 112 valence electrons. The number of hydrogen-bond donors (Lipinski definition) is 2. The summed E-state index contributed by atoms with van der Waals surface area (Å²) in [5.41, 5.74) is 6.61. The molecule has 0 aliphatic rings. The molecule has 0 aliphatic carbocycles. The highest BCUT2D eigenvalue weighted by Gasteiger charge is 2.10. The second kappa shape index (κ2) is 8.39. The van der Waals surface area contributed by atoms with Gasteiger partial charge in [-0.2, -0.15) is 0 Å². The van der Waals surface area contributed by atoms with Gasteiger partial charge in [0.25, 0.3) is 0 Å². The van der Waals surface area contributed by atoms with Crippen LogP contribution in [0.1, 0.15) is 12.5 Å². The summed E-state index contributed by atoms with van der Waals surface area (Å²) in [6.07, 6.45) is 0.533. The van der Waals surface area contributed by atoms with E-state index in [4.69, 9.17) is 25.1 Å². The molecule has 0 bridgehead atoms. The third-order valence-electron chi connectivity index (χ3n) is 2.61. The van der Waals surface area contributed by atoms with Gasteiger partial charge in [-0.15, -0.1) is 0 Å². The topological polar surface area (TPSA) is 91.0 Å². The Morgan fingerprint density at radius 3 is 2.75 bits per heavy atom. The van der Waals surface area contributed by atoms with Crippen molar-refractivity contribution in [2.45, 2.75) is 19.4 Å². The predicted octanol–water partition coefficient (Wildman–Crippen LogP) is 0.499. The van der Waals surface area contributed by atoms with Gasteiger partial charge in [-0.05, 0) is 31.0 Å². The molecule has 1 aromatic carbocycles. The molecule has 0 radical (unpaired) electrons. The molecule has 1 rings (SSSR count). The van der Waals surface area contributed by atoms with Gasteiger partial charge < -0.3 is 25.1 Å². The normalized spacial score (nSPS) is 11.8. The Kier molecular flexibility index (Phi) is 6.83. The fourth-order valence-corrected chi connectivity index (χ4v) is 1.66. The smallest absolute Gasteiger partial charge is 0.344 e. The van der Waals surface area contributed by atoms with Crippen molar-refractivity contribution in [3.05, 3.63) is 23.8 Å². The minimum absolute atomic E-state index is 0.0799. The van der Waals surface area contributed by atoms with Crippen molar-refractivity contribution >= 4 is 5.97 Å². The molecule has 1 aromatic rings. The lowest BCUT2D eigenvalue weighted by molar-refractivity contribution is -0.145. The summed E-state index contributed by atoms with van der Waals surface area (Å²) >= 11 is 0. The molecular weight excluding hydrogens is 262 g/mol. The average Bonchev–Trinajstić information content (AvgIpc) is 2.45. The minimum atomic E-state index is -0.430. The number of aliphatic hydroxyl groups excluding tert-OH is 1. The van der Waals surface area contributed by atoms with E-state index in [9.17, 15) is 4.79 Å². The number of benzene rings is 1. The number of rotatable bonds is 8. The Morgan fingerprint density at radius 2 is 2.15 bits per heavy atom. The van der Waals surface area contributed by atoms with Crippen LogP contribution in [-0.4, -0.2) is 44.0 Å². The van der Waals surface area contributed by atoms with Crippen LogP contribution in [0.5, 0.6) is 11.5 Å². The van der Waals surface area contributed by atoms with Gasteiger partial charge in [-0.1, -0.05) is 6.07 Å². The van der Waals surface area contributed by atoms with Gasteiger partial charge in [-0.25, -0.2) is 4.79 Å². The number of methoxy groups -OCH3 is 1. The van der Waals surface area contributed by atoms with Crippen molar-refractivity contribution in [3.63, 3.8) is 0 Å². The summed E-state index contributed by atoms with van der Waals surface area (Å²) in [5.74, 6) is 0.541. The van der Waals surface area contributed by atoms with Crippen LogP contribution in [0, 0.1) is 0 Å². The summed E-state index contributed by atoms with van der Waals surface area (Å²) in [6, 6.07) is 4.98. The summed E-state index contributed by atoms with van der Waals surface area (Å²) in [7, 11) is 1.52. The zero-order valence-corrected chi connectivity index (χ0v) is 11.8. The SMILES string of the molecule is CCOC(=O)COc1ccc(CC(N)CO)cc1OC. The molecule has 0 saturated heterocycles. The van der Waals surface area contributed by atoms with E-state index in [1.54, 1.807) is 19.1 Å². The van der Waals surface area contributed by atoms with E-state index in [0.29, 0.717) is 24.5 Å². The molecule has 0 amide bonds. The third-order valence-corrected chi connectivity index (χ3v) is 2.61. The van der Waals surface area contributed by atoms with Crippen LogP contribution >= 0.6 is 0 Å². The fourth-order valence-electron chi connectivity index (χ4n) is 1.66. The first-order chi connectivity index (χ1) is 9.60. The van der Waals surface area contributed by atoms with Crippen molar-refractivity contribution in [1.29, 1.82) is 0 Å². The maximum atomic E-state index is 11.2. The number of carbonyl (C=O) groups is 1. The van der Waals surface area contributed by atoms with Gasteiger partial charge in [0.05, 0.1) is 20.3 Å². The second-order valence-corrected chi connectivity index (χ2v) is 4.23. The van der Waals surface area contributed by atoms with E-state index < -0.39 is 5.97 Å². The van der Waals surface area contributed by atoms with Crippen LogP contribution in [0.15, 0.2) is 18.2 Å². The number of aliphatic hydroxyl groups is 1. The van der Waals surface area contributed by atoms with Crippen molar-refractivity contribution < 1.29 is 24.1 Å². The number of carbonyl (C=O) groups excluding carboxylic acids is 1. The molecular formula is C14H21NO5. The van der Waals surface area contributed by atoms with Gasteiger partial charge >= 0.3 is 5.97 Å². The van der Waals surface area contributed by atoms with Crippen molar-refractivity contribution in [1.82, 2.24) is 0 Å². The quantitative estimate of drug-likeness (QED) is 0.675. The molecule has 1 unspecified atom stereocenters. The first kappa shape index (κ1) is 16.3. The molecule has 0 fully saturated rings. The van der Waals surface area contributed by atoms with E-state index in [0.717, 1.165) is 5.56 Å². The minimum Gasteiger partial charge on any atom is -0.493 e. The fraction of sp³-hybridized carbons (Fsp3) is 0.500. The molecule has 3 N–H and O–H groups in total. The molecule has 20 heavy (non-hydrogen) atoms. The lowest BCUT2D eigenvalue weighted by Gasteiger charge is -2.13. The zero-order chi connectivity index (χ0) is 15.0. The molecule has 0 saturated carbocycles. The van der Waals surface area contributed by atoms with Crippen LogP contribution in [0.25, 0.3) is 0 Å². The van der Waals surface area contributed by atoms with E-state index in [1.165, 1.54) is 7.11 Å². The Bertz CT molecular complexity index is 436. The van der Waals surface area contributed by atoms with E-state index >= 15 is 0 Å². The van der Waals surface area contributed by atoms with Crippen molar-refractivity contribution in [3.8, 4) is 11.5 Å². The van der Waals surface area contributed by atoms with Crippen LogP contribution in [0.2, 0.25) is 0 Å². The molecule has 0 spiro atoms. The van der Waals surface area contributed by atoms with Crippen molar-refractivity contribution in [2.24, 2.45) is 5.73 Å². The standard InChI is InChI=1S/C14H21NO5/c1-3-19-14(17)9-20-12-5-4-10(6-11(15)8-16)7-13(12)18-2/h4-5,7,11,16H,3,6,8-9,15H2,1-2H3. The Balaban J connectivity index is 2.70. The Labute approximate surface area is 118 Å². The van der Waals surface area contributed by atoms with Gasteiger partial charge in [-0.3, -0.25) is 0 Å². The van der Waals surface area contributed by atoms with Crippen LogP contribution < -0.4 is 15.2 Å². The lowest BCUT2D eigenvalue weighted by atomic mass is 10.1. The molecule has 0 aromatic heterocycles. The van der Waals surface area contributed by atoms with Gasteiger partial charge in [0.1, 0.15) is 0 Å². The number of hydrogen-bond acceptors (Lipinski definition) is 6. The van der Waals surface area contributed by atoms with Crippen molar-refractivity contribution in [2.75, 3.05) is 26.9 Å². The predicted molar refractivity (Wildman–Crippen MR) is 73.9 cm³/mol.